The van der Waals surface area contributed by atoms with Crippen LogP contribution in [0.25, 0.3) is 10.9 Å². The van der Waals surface area contributed by atoms with E-state index in [2.05, 4.69) is 49.7 Å². The van der Waals surface area contributed by atoms with Crippen molar-refractivity contribution in [1.82, 2.24) is 15.6 Å². The third kappa shape index (κ3) is 4.80. The molecule has 5 nitrogen and oxygen atoms in total. The van der Waals surface area contributed by atoms with Gasteiger partial charge < -0.3 is 20.4 Å². The number of hydrogen-bond acceptors (Lipinski definition) is 3. The van der Waals surface area contributed by atoms with Crippen molar-refractivity contribution in [2.75, 3.05) is 13.1 Å². The van der Waals surface area contributed by atoms with Crippen LogP contribution in [0, 0.1) is 0 Å². The van der Waals surface area contributed by atoms with Gasteiger partial charge in [-0.2, -0.15) is 0 Å². The Morgan fingerprint density at radius 3 is 2.92 bits per heavy atom. The number of H-pyrrole nitrogens is 1. The van der Waals surface area contributed by atoms with E-state index in [1.807, 2.05) is 20.8 Å². The Bertz CT molecular complexity index is 779. The first-order valence-corrected chi connectivity index (χ1v) is 10.1. The number of aryl methyl sites for hydroxylation is 1. The fourth-order valence-corrected chi connectivity index (χ4v) is 3.87. The number of halogens is 1. The maximum atomic E-state index is 11.7. The van der Waals surface area contributed by atoms with Crippen molar-refractivity contribution in [3.63, 3.8) is 0 Å². The molecule has 0 saturated heterocycles. The predicted molar refractivity (Wildman–Crippen MR) is 109 cm³/mol. The molecule has 0 fully saturated rings. The molecule has 0 spiro atoms. The molecule has 26 heavy (non-hydrogen) atoms. The highest BCUT2D eigenvalue weighted by atomic mass is 79.9. The second-order valence-electron chi connectivity index (χ2n) is 7.89. The number of aromatic nitrogens is 1. The smallest absolute Gasteiger partial charge is 0.407 e. The van der Waals surface area contributed by atoms with Gasteiger partial charge in [0.1, 0.15) is 5.60 Å². The maximum absolute atomic E-state index is 11.7. The highest BCUT2D eigenvalue weighted by Gasteiger charge is 2.23. The number of benzene rings is 1. The molecule has 0 radical (unpaired) electrons. The summed E-state index contributed by atoms with van der Waals surface area (Å²) in [6, 6.07) is 6.78. The summed E-state index contributed by atoms with van der Waals surface area (Å²) < 4.78 is 6.37. The van der Waals surface area contributed by atoms with Crippen LogP contribution in [-0.2, 0) is 11.2 Å². The largest absolute Gasteiger partial charge is 0.444 e. The van der Waals surface area contributed by atoms with Crippen molar-refractivity contribution in [2.45, 2.75) is 58.1 Å². The summed E-state index contributed by atoms with van der Waals surface area (Å²) in [4.78, 5) is 15.3. The number of ether oxygens (including phenoxy) is 1. The van der Waals surface area contributed by atoms with E-state index < -0.39 is 5.60 Å². The van der Waals surface area contributed by atoms with Gasteiger partial charge in [-0.15, -0.1) is 0 Å². The molecule has 1 aliphatic rings. The van der Waals surface area contributed by atoms with E-state index in [1.54, 1.807) is 0 Å². The fraction of sp³-hybridized carbons (Fsp3) is 0.550. The second kappa shape index (κ2) is 8.01. The number of fused-ring (bicyclic) bond motifs is 3. The third-order valence-electron chi connectivity index (χ3n) is 4.58. The summed E-state index contributed by atoms with van der Waals surface area (Å²) >= 11 is 3.57. The molecule has 1 unspecified atom stereocenters. The van der Waals surface area contributed by atoms with Crippen molar-refractivity contribution >= 4 is 32.9 Å². The number of carbonyl (C=O) groups excluding carboxylic acids is 1. The van der Waals surface area contributed by atoms with Crippen LogP contribution in [0.5, 0.6) is 0 Å². The fourth-order valence-electron chi connectivity index (χ4n) is 3.51. The van der Waals surface area contributed by atoms with Crippen LogP contribution in [0.15, 0.2) is 22.7 Å². The molecular formula is C20H28BrN3O2. The van der Waals surface area contributed by atoms with Gasteiger partial charge in [0.05, 0.1) is 0 Å². The molecule has 1 aromatic carbocycles. The van der Waals surface area contributed by atoms with Crippen LogP contribution < -0.4 is 10.6 Å². The van der Waals surface area contributed by atoms with Crippen molar-refractivity contribution in [3.8, 4) is 0 Å². The quantitative estimate of drug-likeness (QED) is 0.606. The standard InChI is InChI=1S/C20H28BrN3O2/c1-20(2,3)26-19(25)23-11-5-10-22-17-7-4-6-14-15-12-13(21)8-9-16(15)24-18(14)17/h8-9,12,17,22,24H,4-7,10-11H2,1-3H3,(H,23,25). The Hall–Kier alpha value is -1.53. The second-order valence-corrected chi connectivity index (χ2v) is 8.80. The first-order valence-electron chi connectivity index (χ1n) is 9.34. The van der Waals surface area contributed by atoms with E-state index in [9.17, 15) is 4.79 Å². The van der Waals surface area contributed by atoms with Gasteiger partial charge in [-0.3, -0.25) is 0 Å². The normalized spacial score (nSPS) is 17.2. The molecule has 3 rings (SSSR count). The summed E-state index contributed by atoms with van der Waals surface area (Å²) in [5, 5.41) is 7.78. The molecule has 1 amide bonds. The van der Waals surface area contributed by atoms with Crippen molar-refractivity contribution in [1.29, 1.82) is 0 Å². The van der Waals surface area contributed by atoms with Crippen LogP contribution in [0.3, 0.4) is 0 Å². The van der Waals surface area contributed by atoms with Gasteiger partial charge in [0.2, 0.25) is 0 Å². The van der Waals surface area contributed by atoms with Gasteiger partial charge in [-0.1, -0.05) is 15.9 Å². The van der Waals surface area contributed by atoms with E-state index >= 15 is 0 Å². The number of rotatable bonds is 5. The Morgan fingerprint density at radius 2 is 2.15 bits per heavy atom. The summed E-state index contributed by atoms with van der Waals surface area (Å²) in [5.74, 6) is 0. The number of carbonyl (C=O) groups is 1. The molecule has 1 atom stereocenters. The Kier molecular flexibility index (Phi) is 5.92. The molecule has 142 valence electrons. The summed E-state index contributed by atoms with van der Waals surface area (Å²) in [5.41, 5.74) is 3.52. The number of nitrogens with one attached hydrogen (secondary N) is 3. The average molecular weight is 422 g/mol. The lowest BCUT2D eigenvalue weighted by Gasteiger charge is -2.24. The number of aromatic amines is 1. The molecule has 0 saturated carbocycles. The SMILES string of the molecule is CC(C)(C)OC(=O)NCCCNC1CCCc2c1[nH]c1ccc(Br)cc21. The highest BCUT2D eigenvalue weighted by molar-refractivity contribution is 9.10. The van der Waals surface area contributed by atoms with E-state index in [-0.39, 0.29) is 6.09 Å². The number of alkyl carbamates (subject to hydrolysis) is 1. The zero-order valence-electron chi connectivity index (χ0n) is 15.7. The van der Waals surface area contributed by atoms with Gasteiger partial charge in [0, 0.05) is 33.7 Å². The lowest BCUT2D eigenvalue weighted by Crippen LogP contribution is -2.34. The van der Waals surface area contributed by atoms with Crippen molar-refractivity contribution in [2.24, 2.45) is 0 Å². The molecule has 0 bridgehead atoms. The zero-order chi connectivity index (χ0) is 18.7. The van der Waals surface area contributed by atoms with Crippen LogP contribution in [0.4, 0.5) is 4.79 Å². The van der Waals surface area contributed by atoms with Crippen LogP contribution in [0.1, 0.15) is 57.3 Å². The minimum atomic E-state index is -0.453. The monoisotopic (exact) mass is 421 g/mol. The summed E-state index contributed by atoms with van der Waals surface area (Å²) in [7, 11) is 0. The Balaban J connectivity index is 1.51. The van der Waals surface area contributed by atoms with Crippen LogP contribution >= 0.6 is 15.9 Å². The van der Waals surface area contributed by atoms with Crippen LogP contribution in [0.2, 0.25) is 0 Å². The number of amides is 1. The third-order valence-corrected chi connectivity index (χ3v) is 5.07. The lowest BCUT2D eigenvalue weighted by atomic mass is 9.91. The molecule has 1 heterocycles. The molecular weight excluding hydrogens is 394 g/mol. The average Bonchev–Trinajstić information content (AvgIpc) is 2.91. The van der Waals surface area contributed by atoms with E-state index in [0.717, 1.165) is 30.3 Å². The summed E-state index contributed by atoms with van der Waals surface area (Å²) in [6.45, 7) is 7.08. The zero-order valence-corrected chi connectivity index (χ0v) is 17.3. The molecule has 3 N–H and O–H groups in total. The first kappa shape index (κ1) is 19.2. The minimum Gasteiger partial charge on any atom is -0.444 e. The Morgan fingerprint density at radius 1 is 1.35 bits per heavy atom. The van der Waals surface area contributed by atoms with Gasteiger partial charge in [-0.05, 0) is 76.8 Å². The molecule has 1 aromatic heterocycles. The van der Waals surface area contributed by atoms with Crippen molar-refractivity contribution < 1.29 is 9.53 Å². The van der Waals surface area contributed by atoms with E-state index in [1.165, 1.54) is 28.6 Å². The highest BCUT2D eigenvalue weighted by Crippen LogP contribution is 2.35. The van der Waals surface area contributed by atoms with Gasteiger partial charge >= 0.3 is 6.09 Å². The van der Waals surface area contributed by atoms with Crippen LogP contribution in [-0.4, -0.2) is 29.8 Å². The van der Waals surface area contributed by atoms with Gasteiger partial charge in [-0.25, -0.2) is 4.79 Å². The maximum Gasteiger partial charge on any atom is 0.407 e. The van der Waals surface area contributed by atoms with Gasteiger partial charge in [0.15, 0.2) is 0 Å². The lowest BCUT2D eigenvalue weighted by molar-refractivity contribution is 0.0527. The van der Waals surface area contributed by atoms with Gasteiger partial charge in [0.25, 0.3) is 0 Å². The van der Waals surface area contributed by atoms with E-state index in [4.69, 9.17) is 4.74 Å². The first-order chi connectivity index (χ1) is 12.3. The minimum absolute atomic E-state index is 0.348. The topological polar surface area (TPSA) is 66.2 Å². The molecule has 2 aromatic rings. The summed E-state index contributed by atoms with van der Waals surface area (Å²) in [6.07, 6.45) is 3.99. The number of hydrogen-bond donors (Lipinski definition) is 3. The Labute approximate surface area is 163 Å². The predicted octanol–water partition coefficient (Wildman–Crippen LogP) is 4.81. The molecule has 0 aliphatic heterocycles. The van der Waals surface area contributed by atoms with Crippen molar-refractivity contribution in [3.05, 3.63) is 33.9 Å². The van der Waals surface area contributed by atoms with E-state index in [0.29, 0.717) is 12.6 Å². The molecule has 6 heteroatoms. The molecule has 1 aliphatic carbocycles.